The fourth-order valence-corrected chi connectivity index (χ4v) is 4.22. The molecule has 170 valence electrons. The van der Waals surface area contributed by atoms with Crippen molar-refractivity contribution in [2.75, 3.05) is 4.90 Å². The number of aryl methyl sites for hydroxylation is 1. The summed E-state index contributed by atoms with van der Waals surface area (Å²) in [6.07, 6.45) is 0. The van der Waals surface area contributed by atoms with Crippen LogP contribution in [0.3, 0.4) is 0 Å². The predicted molar refractivity (Wildman–Crippen MR) is 129 cm³/mol. The molecule has 0 bridgehead atoms. The molecule has 1 atom stereocenters. The molecule has 0 spiro atoms. The standard InChI is InChI=1S/C26H20ClFN4O2/c1-15-9-11-17(12-10-15)24-30-25(34-31-24)22-16(2)32(21-8-4-6-19(27)14-21)26(33)29-23(22)18-5-3-7-20(28)13-18/h3-14,23H,1-2H3,(H,29,33). The molecule has 0 saturated heterocycles. The fraction of sp³-hybridized carbons (Fsp3) is 0.115. The average Bonchev–Trinajstić information content (AvgIpc) is 3.29. The van der Waals surface area contributed by atoms with E-state index in [4.69, 9.17) is 16.1 Å². The number of carbonyl (C=O) groups is 1. The minimum Gasteiger partial charge on any atom is -0.334 e. The second-order valence-electron chi connectivity index (χ2n) is 8.04. The van der Waals surface area contributed by atoms with Gasteiger partial charge in [0.25, 0.3) is 5.89 Å². The first-order chi connectivity index (χ1) is 16.4. The summed E-state index contributed by atoms with van der Waals surface area (Å²) in [5.74, 6) is 0.237. The number of nitrogens with zero attached hydrogens (tertiary/aromatic N) is 3. The van der Waals surface area contributed by atoms with Crippen molar-refractivity contribution >= 4 is 28.9 Å². The number of urea groups is 1. The quantitative estimate of drug-likeness (QED) is 0.364. The first kappa shape index (κ1) is 21.9. The van der Waals surface area contributed by atoms with E-state index in [2.05, 4.69) is 15.5 Å². The number of nitrogens with one attached hydrogen (secondary N) is 1. The van der Waals surface area contributed by atoms with E-state index in [0.717, 1.165) is 11.1 Å². The van der Waals surface area contributed by atoms with Crippen LogP contribution in [0.2, 0.25) is 5.02 Å². The smallest absolute Gasteiger partial charge is 0.326 e. The highest BCUT2D eigenvalue weighted by molar-refractivity contribution is 6.31. The zero-order chi connectivity index (χ0) is 23.8. The summed E-state index contributed by atoms with van der Waals surface area (Å²) in [6.45, 7) is 3.79. The Bertz CT molecular complexity index is 1410. The lowest BCUT2D eigenvalue weighted by atomic mass is 9.94. The number of hydrogen-bond donors (Lipinski definition) is 1. The van der Waals surface area contributed by atoms with Gasteiger partial charge in [0.2, 0.25) is 5.82 Å². The van der Waals surface area contributed by atoms with Gasteiger partial charge in [0, 0.05) is 16.3 Å². The Morgan fingerprint density at radius 1 is 1.03 bits per heavy atom. The van der Waals surface area contributed by atoms with Gasteiger partial charge in [0.15, 0.2) is 0 Å². The highest BCUT2D eigenvalue weighted by Crippen LogP contribution is 2.39. The number of benzene rings is 3. The number of rotatable bonds is 4. The predicted octanol–water partition coefficient (Wildman–Crippen LogP) is 6.54. The molecule has 3 aromatic carbocycles. The van der Waals surface area contributed by atoms with Gasteiger partial charge in [-0.2, -0.15) is 4.98 Å². The van der Waals surface area contributed by atoms with Gasteiger partial charge in [-0.05, 0) is 49.7 Å². The topological polar surface area (TPSA) is 71.3 Å². The maximum Gasteiger partial charge on any atom is 0.326 e. The maximum atomic E-state index is 14.1. The molecule has 0 radical (unpaired) electrons. The highest BCUT2D eigenvalue weighted by atomic mass is 35.5. The highest BCUT2D eigenvalue weighted by Gasteiger charge is 2.36. The van der Waals surface area contributed by atoms with Crippen LogP contribution in [-0.2, 0) is 0 Å². The second kappa shape index (κ2) is 8.76. The molecule has 4 aromatic rings. The van der Waals surface area contributed by atoms with Gasteiger partial charge in [-0.3, -0.25) is 4.90 Å². The Hall–Kier alpha value is -3.97. The maximum absolute atomic E-state index is 14.1. The van der Waals surface area contributed by atoms with Crippen LogP contribution in [0.1, 0.15) is 30.0 Å². The number of hydrogen-bond acceptors (Lipinski definition) is 4. The molecular formula is C26H20ClFN4O2. The zero-order valence-corrected chi connectivity index (χ0v) is 19.2. The van der Waals surface area contributed by atoms with Crippen LogP contribution < -0.4 is 10.2 Å². The third-order valence-electron chi connectivity index (χ3n) is 5.70. The van der Waals surface area contributed by atoms with E-state index < -0.39 is 11.9 Å². The first-order valence-electron chi connectivity index (χ1n) is 10.6. The summed E-state index contributed by atoms with van der Waals surface area (Å²) in [4.78, 5) is 19.3. The SMILES string of the molecule is CC1=C(c2nc(-c3ccc(C)cc3)no2)C(c2cccc(F)c2)NC(=O)N1c1cccc(Cl)c1. The molecule has 5 rings (SSSR count). The van der Waals surface area contributed by atoms with E-state index in [1.807, 2.05) is 31.2 Å². The van der Waals surface area contributed by atoms with E-state index >= 15 is 0 Å². The molecule has 1 N–H and O–H groups in total. The van der Waals surface area contributed by atoms with Crippen LogP contribution in [0.4, 0.5) is 14.9 Å². The minimum atomic E-state index is -0.690. The van der Waals surface area contributed by atoms with Crippen LogP contribution in [0, 0.1) is 12.7 Å². The summed E-state index contributed by atoms with van der Waals surface area (Å²) in [5.41, 5.74) is 4.19. The Balaban J connectivity index is 1.66. The van der Waals surface area contributed by atoms with Gasteiger partial charge in [0.05, 0.1) is 17.3 Å². The molecule has 0 aliphatic carbocycles. The molecule has 8 heteroatoms. The number of amides is 2. The molecule has 1 aliphatic heterocycles. The number of anilines is 1. The van der Waals surface area contributed by atoms with E-state index in [1.54, 1.807) is 43.3 Å². The first-order valence-corrected chi connectivity index (χ1v) is 11.0. The number of carbonyl (C=O) groups excluding carboxylic acids is 1. The number of halogens is 2. The summed E-state index contributed by atoms with van der Waals surface area (Å²) >= 11 is 6.18. The summed E-state index contributed by atoms with van der Waals surface area (Å²) in [5, 5.41) is 7.60. The lowest BCUT2D eigenvalue weighted by molar-refractivity contribution is 0.244. The number of allylic oxidation sites excluding steroid dienone is 1. The average molecular weight is 475 g/mol. The summed E-state index contributed by atoms with van der Waals surface area (Å²) in [7, 11) is 0. The molecule has 2 amide bonds. The van der Waals surface area contributed by atoms with E-state index in [9.17, 15) is 9.18 Å². The van der Waals surface area contributed by atoms with Crippen LogP contribution >= 0.6 is 11.6 Å². The molecule has 1 aromatic heterocycles. The molecule has 1 aliphatic rings. The summed E-state index contributed by atoms with van der Waals surface area (Å²) in [6, 6.07) is 19.7. The molecule has 34 heavy (non-hydrogen) atoms. The lowest BCUT2D eigenvalue weighted by Gasteiger charge is -2.35. The Labute approximate surface area is 200 Å². The van der Waals surface area contributed by atoms with Crippen LogP contribution in [0.25, 0.3) is 17.0 Å². The Kier molecular flexibility index (Phi) is 5.63. The number of aromatic nitrogens is 2. The van der Waals surface area contributed by atoms with Gasteiger partial charge in [-0.1, -0.05) is 64.8 Å². The largest absolute Gasteiger partial charge is 0.334 e. The van der Waals surface area contributed by atoms with Crippen molar-refractivity contribution in [3.63, 3.8) is 0 Å². The molecule has 0 saturated carbocycles. The molecular weight excluding hydrogens is 455 g/mol. The van der Waals surface area contributed by atoms with Crippen molar-refractivity contribution in [2.45, 2.75) is 19.9 Å². The van der Waals surface area contributed by atoms with Gasteiger partial charge in [-0.25, -0.2) is 9.18 Å². The van der Waals surface area contributed by atoms with Gasteiger partial charge in [0.1, 0.15) is 5.82 Å². The van der Waals surface area contributed by atoms with Gasteiger partial charge < -0.3 is 9.84 Å². The van der Waals surface area contributed by atoms with Gasteiger partial charge >= 0.3 is 6.03 Å². The molecule has 1 unspecified atom stereocenters. The molecule has 2 heterocycles. The second-order valence-corrected chi connectivity index (χ2v) is 8.48. The van der Waals surface area contributed by atoms with E-state index in [-0.39, 0.29) is 11.9 Å². The molecule has 0 fully saturated rings. The third-order valence-corrected chi connectivity index (χ3v) is 5.93. The van der Waals surface area contributed by atoms with Crippen LogP contribution in [-0.4, -0.2) is 16.2 Å². The van der Waals surface area contributed by atoms with Crippen LogP contribution in [0.5, 0.6) is 0 Å². The fourth-order valence-electron chi connectivity index (χ4n) is 4.04. The Morgan fingerprint density at radius 3 is 2.53 bits per heavy atom. The zero-order valence-electron chi connectivity index (χ0n) is 18.4. The van der Waals surface area contributed by atoms with Crippen LogP contribution in [0.15, 0.2) is 83.0 Å². The monoisotopic (exact) mass is 474 g/mol. The van der Waals surface area contributed by atoms with E-state index in [1.165, 1.54) is 17.0 Å². The van der Waals surface area contributed by atoms with Crippen molar-refractivity contribution in [1.29, 1.82) is 0 Å². The normalized spacial score (nSPS) is 16.1. The van der Waals surface area contributed by atoms with Gasteiger partial charge in [-0.15, -0.1) is 0 Å². The minimum absolute atomic E-state index is 0.231. The van der Waals surface area contributed by atoms with Crippen molar-refractivity contribution in [3.05, 3.63) is 106 Å². The lowest BCUT2D eigenvalue weighted by Crippen LogP contribution is -2.46. The summed E-state index contributed by atoms with van der Waals surface area (Å²) < 4.78 is 19.8. The van der Waals surface area contributed by atoms with E-state index in [0.29, 0.717) is 33.4 Å². The van der Waals surface area contributed by atoms with Crippen molar-refractivity contribution in [3.8, 4) is 11.4 Å². The van der Waals surface area contributed by atoms with Crippen molar-refractivity contribution < 1.29 is 13.7 Å². The Morgan fingerprint density at radius 2 is 1.79 bits per heavy atom. The van der Waals surface area contributed by atoms with Crippen molar-refractivity contribution in [2.24, 2.45) is 0 Å². The van der Waals surface area contributed by atoms with Crippen molar-refractivity contribution in [1.82, 2.24) is 15.5 Å². The molecule has 6 nitrogen and oxygen atoms in total. The third kappa shape index (κ3) is 4.06.